The van der Waals surface area contributed by atoms with Crippen LogP contribution in [-0.4, -0.2) is 51.0 Å². The van der Waals surface area contributed by atoms with Crippen molar-refractivity contribution in [3.05, 3.63) is 30.1 Å². The average molecular weight is 375 g/mol. The lowest BCUT2D eigenvalue weighted by molar-refractivity contribution is -0.132. The molecule has 7 heteroatoms. The molecule has 1 unspecified atom stereocenters. The second kappa shape index (κ2) is 8.58. The first-order chi connectivity index (χ1) is 12.6. The zero-order valence-corrected chi connectivity index (χ0v) is 16.5. The molecule has 0 bridgehead atoms. The van der Waals surface area contributed by atoms with Crippen LogP contribution in [0.2, 0.25) is 0 Å². The summed E-state index contributed by atoms with van der Waals surface area (Å²) in [4.78, 5) is 14.8. The summed E-state index contributed by atoms with van der Waals surface area (Å²) in [5.41, 5.74) is 0.965. The molecule has 1 aromatic carbocycles. The van der Waals surface area contributed by atoms with Gasteiger partial charge in [0.15, 0.2) is 5.16 Å². The maximum atomic E-state index is 12.7. The number of amides is 1. The van der Waals surface area contributed by atoms with Crippen LogP contribution >= 0.6 is 11.8 Å². The molecule has 2 aromatic rings. The quantitative estimate of drug-likeness (QED) is 0.725. The van der Waals surface area contributed by atoms with Crippen molar-refractivity contribution in [3.8, 4) is 11.4 Å². The molecule has 1 saturated heterocycles. The third kappa shape index (κ3) is 4.03. The van der Waals surface area contributed by atoms with E-state index >= 15 is 0 Å². The normalized spacial score (nSPS) is 17.3. The molecule has 6 nitrogen and oxygen atoms in total. The first kappa shape index (κ1) is 18.8. The number of rotatable bonds is 6. The van der Waals surface area contributed by atoms with Gasteiger partial charge in [0.25, 0.3) is 0 Å². The highest BCUT2D eigenvalue weighted by Gasteiger charge is 2.25. The zero-order valence-electron chi connectivity index (χ0n) is 15.6. The van der Waals surface area contributed by atoms with E-state index in [1.54, 1.807) is 7.11 Å². The van der Waals surface area contributed by atoms with E-state index < -0.39 is 0 Å². The van der Waals surface area contributed by atoms with Crippen molar-refractivity contribution in [2.75, 3.05) is 19.4 Å². The minimum absolute atomic E-state index is 0.198. The maximum absolute atomic E-state index is 12.7. The topological polar surface area (TPSA) is 60.2 Å². The van der Waals surface area contributed by atoms with E-state index in [0.717, 1.165) is 48.2 Å². The summed E-state index contributed by atoms with van der Waals surface area (Å²) in [5, 5.41) is 9.20. The van der Waals surface area contributed by atoms with E-state index in [1.165, 1.54) is 18.2 Å². The predicted octanol–water partition coefficient (Wildman–Crippen LogP) is 3.47. The van der Waals surface area contributed by atoms with Gasteiger partial charge in [0, 0.05) is 18.3 Å². The molecule has 1 amide bonds. The van der Waals surface area contributed by atoms with Crippen molar-refractivity contribution < 1.29 is 9.53 Å². The van der Waals surface area contributed by atoms with Gasteiger partial charge in [-0.1, -0.05) is 18.7 Å². The lowest BCUT2D eigenvalue weighted by Gasteiger charge is -2.35. The van der Waals surface area contributed by atoms with Crippen LogP contribution in [0.25, 0.3) is 5.69 Å². The molecule has 0 spiro atoms. The van der Waals surface area contributed by atoms with E-state index in [-0.39, 0.29) is 5.91 Å². The van der Waals surface area contributed by atoms with E-state index in [0.29, 0.717) is 11.8 Å². The number of nitrogens with zero attached hydrogens (tertiary/aromatic N) is 4. The van der Waals surface area contributed by atoms with Crippen LogP contribution in [0, 0.1) is 6.92 Å². The SMILES string of the molecule is CCC1CCCCN1C(=O)CSc1nnc(C)n1-c1ccc(OC)cc1. The van der Waals surface area contributed by atoms with Gasteiger partial charge in [-0.25, -0.2) is 0 Å². The number of hydrogen-bond donors (Lipinski definition) is 0. The zero-order chi connectivity index (χ0) is 18.5. The van der Waals surface area contributed by atoms with Crippen LogP contribution in [-0.2, 0) is 4.79 Å². The van der Waals surface area contributed by atoms with Gasteiger partial charge < -0.3 is 9.64 Å². The van der Waals surface area contributed by atoms with Gasteiger partial charge in [0.05, 0.1) is 12.9 Å². The Morgan fingerprint density at radius 2 is 2.04 bits per heavy atom. The van der Waals surface area contributed by atoms with E-state index in [1.807, 2.05) is 35.8 Å². The van der Waals surface area contributed by atoms with Gasteiger partial charge >= 0.3 is 0 Å². The highest BCUT2D eigenvalue weighted by molar-refractivity contribution is 7.99. The Morgan fingerprint density at radius 1 is 1.27 bits per heavy atom. The van der Waals surface area contributed by atoms with Crippen LogP contribution in [0.15, 0.2) is 29.4 Å². The number of thioether (sulfide) groups is 1. The molecule has 0 radical (unpaired) electrons. The standard InChI is InChI=1S/C19H26N4O2S/c1-4-15-7-5-6-12-22(15)18(24)13-26-19-21-20-14(2)23(19)16-8-10-17(25-3)11-9-16/h8-11,15H,4-7,12-13H2,1-3H3. The summed E-state index contributed by atoms with van der Waals surface area (Å²) in [5.74, 6) is 2.20. The average Bonchev–Trinajstić information content (AvgIpc) is 3.06. The minimum atomic E-state index is 0.198. The summed E-state index contributed by atoms with van der Waals surface area (Å²) in [6.07, 6.45) is 4.47. The number of hydrogen-bond acceptors (Lipinski definition) is 5. The Kier molecular flexibility index (Phi) is 6.19. The Hall–Kier alpha value is -2.02. The third-order valence-electron chi connectivity index (χ3n) is 4.87. The molecule has 1 aromatic heterocycles. The molecule has 1 aliphatic rings. The molecule has 140 valence electrons. The summed E-state index contributed by atoms with van der Waals surface area (Å²) in [6.45, 7) is 4.95. The van der Waals surface area contributed by atoms with Crippen LogP contribution in [0.5, 0.6) is 5.75 Å². The molecule has 26 heavy (non-hydrogen) atoms. The van der Waals surface area contributed by atoms with Crippen LogP contribution < -0.4 is 4.74 Å². The highest BCUT2D eigenvalue weighted by atomic mass is 32.2. The molecule has 0 aliphatic carbocycles. The lowest BCUT2D eigenvalue weighted by Crippen LogP contribution is -2.44. The van der Waals surface area contributed by atoms with Crippen molar-refractivity contribution in [2.24, 2.45) is 0 Å². The monoisotopic (exact) mass is 374 g/mol. The number of aryl methyl sites for hydroxylation is 1. The molecule has 1 fully saturated rings. The fourth-order valence-corrected chi connectivity index (χ4v) is 4.31. The van der Waals surface area contributed by atoms with E-state index in [4.69, 9.17) is 4.74 Å². The van der Waals surface area contributed by atoms with Gasteiger partial charge in [-0.05, 0) is 56.9 Å². The summed E-state index contributed by atoms with van der Waals surface area (Å²) in [7, 11) is 1.65. The number of methoxy groups -OCH3 is 1. The van der Waals surface area contributed by atoms with Crippen molar-refractivity contribution in [1.82, 2.24) is 19.7 Å². The van der Waals surface area contributed by atoms with Crippen LogP contribution in [0.3, 0.4) is 0 Å². The number of likely N-dealkylation sites (tertiary alicyclic amines) is 1. The Bertz CT molecular complexity index is 744. The number of carbonyl (C=O) groups is 1. The molecule has 1 atom stereocenters. The number of carbonyl (C=O) groups excluding carboxylic acids is 1. The fourth-order valence-electron chi connectivity index (χ4n) is 3.43. The molecular formula is C19H26N4O2S. The Labute approximate surface area is 158 Å². The molecule has 1 aliphatic heterocycles. The third-order valence-corrected chi connectivity index (χ3v) is 5.78. The minimum Gasteiger partial charge on any atom is -0.497 e. The highest BCUT2D eigenvalue weighted by Crippen LogP contribution is 2.25. The van der Waals surface area contributed by atoms with Gasteiger partial charge in [-0.2, -0.15) is 0 Å². The Morgan fingerprint density at radius 3 is 2.73 bits per heavy atom. The van der Waals surface area contributed by atoms with Crippen LogP contribution in [0.4, 0.5) is 0 Å². The Balaban J connectivity index is 1.71. The molecule has 0 N–H and O–H groups in total. The van der Waals surface area contributed by atoms with Crippen LogP contribution in [0.1, 0.15) is 38.4 Å². The molecule has 0 saturated carbocycles. The smallest absolute Gasteiger partial charge is 0.233 e. The molecule has 3 rings (SSSR count). The summed E-state index contributed by atoms with van der Waals surface area (Å²) < 4.78 is 7.19. The first-order valence-corrected chi connectivity index (χ1v) is 10.1. The predicted molar refractivity (Wildman–Crippen MR) is 103 cm³/mol. The lowest BCUT2D eigenvalue weighted by atomic mass is 10.0. The van der Waals surface area contributed by atoms with Crippen molar-refractivity contribution in [2.45, 2.75) is 50.7 Å². The van der Waals surface area contributed by atoms with Gasteiger partial charge in [0.2, 0.25) is 5.91 Å². The fraction of sp³-hybridized carbons (Fsp3) is 0.526. The largest absolute Gasteiger partial charge is 0.497 e. The second-order valence-corrected chi connectivity index (χ2v) is 7.44. The number of aromatic nitrogens is 3. The molecular weight excluding hydrogens is 348 g/mol. The number of piperidine rings is 1. The second-order valence-electron chi connectivity index (χ2n) is 6.50. The maximum Gasteiger partial charge on any atom is 0.233 e. The van der Waals surface area contributed by atoms with Gasteiger partial charge in [0.1, 0.15) is 11.6 Å². The van der Waals surface area contributed by atoms with Gasteiger partial charge in [-0.3, -0.25) is 9.36 Å². The van der Waals surface area contributed by atoms with E-state index in [9.17, 15) is 4.79 Å². The summed E-state index contributed by atoms with van der Waals surface area (Å²) in [6, 6.07) is 8.15. The first-order valence-electron chi connectivity index (χ1n) is 9.12. The van der Waals surface area contributed by atoms with Gasteiger partial charge in [-0.15, -0.1) is 10.2 Å². The summed E-state index contributed by atoms with van der Waals surface area (Å²) >= 11 is 1.45. The van der Waals surface area contributed by atoms with Crippen molar-refractivity contribution >= 4 is 17.7 Å². The van der Waals surface area contributed by atoms with Crippen molar-refractivity contribution in [3.63, 3.8) is 0 Å². The number of benzene rings is 1. The van der Waals surface area contributed by atoms with E-state index in [2.05, 4.69) is 22.0 Å². The van der Waals surface area contributed by atoms with Crippen molar-refractivity contribution in [1.29, 1.82) is 0 Å². The number of ether oxygens (including phenoxy) is 1. The molecule has 2 heterocycles.